The number of sulfone groups is 1. The lowest BCUT2D eigenvalue weighted by Gasteiger charge is -1.98. The van der Waals surface area contributed by atoms with Gasteiger partial charge in [-0.1, -0.05) is 6.07 Å². The van der Waals surface area contributed by atoms with E-state index in [2.05, 4.69) is 15.4 Å². The van der Waals surface area contributed by atoms with Crippen LogP contribution in [0.1, 0.15) is 5.56 Å². The van der Waals surface area contributed by atoms with E-state index in [1.54, 1.807) is 10.7 Å². The van der Waals surface area contributed by atoms with Crippen LogP contribution in [0.15, 0.2) is 18.3 Å². The van der Waals surface area contributed by atoms with Crippen LogP contribution in [0, 0.1) is 6.92 Å². The molecule has 2 aromatic heterocycles. The molecular weight excluding hydrogens is 240 g/mol. The highest BCUT2D eigenvalue weighted by molar-refractivity contribution is 7.90. The van der Waals surface area contributed by atoms with Gasteiger partial charge in [-0.15, -0.1) is 5.10 Å². The Kier molecular flexibility index (Phi) is 3.01. The molecular formula is C10H14N4O2S. The van der Waals surface area contributed by atoms with Crippen LogP contribution in [0.3, 0.4) is 0 Å². The lowest BCUT2D eigenvalue weighted by atomic mass is 10.3. The van der Waals surface area contributed by atoms with Crippen molar-refractivity contribution in [3.63, 3.8) is 0 Å². The summed E-state index contributed by atoms with van der Waals surface area (Å²) in [5.41, 5.74) is 1.80. The Morgan fingerprint density at radius 3 is 2.88 bits per heavy atom. The maximum absolute atomic E-state index is 11.0. The standard InChI is InChI=1S/C10H14N4O2S/c1-8-4-3-6-14-9(8)12-10(13-14)11-5-7-17(2,15)16/h3-4,6H,5,7H2,1-2H3,(H,11,13). The van der Waals surface area contributed by atoms with E-state index in [0.29, 0.717) is 12.5 Å². The second-order valence-electron chi connectivity index (χ2n) is 3.95. The molecule has 0 atom stereocenters. The number of pyridine rings is 1. The smallest absolute Gasteiger partial charge is 0.243 e. The van der Waals surface area contributed by atoms with Crippen molar-refractivity contribution in [2.45, 2.75) is 6.92 Å². The van der Waals surface area contributed by atoms with Crippen molar-refractivity contribution in [1.29, 1.82) is 0 Å². The zero-order valence-electron chi connectivity index (χ0n) is 9.71. The molecule has 0 unspecified atom stereocenters. The number of aryl methyl sites for hydroxylation is 1. The second kappa shape index (κ2) is 4.33. The van der Waals surface area contributed by atoms with E-state index >= 15 is 0 Å². The minimum Gasteiger partial charge on any atom is -0.352 e. The summed E-state index contributed by atoms with van der Waals surface area (Å²) < 4.78 is 23.6. The predicted molar refractivity (Wildman–Crippen MR) is 65.9 cm³/mol. The summed E-state index contributed by atoms with van der Waals surface area (Å²) in [6, 6.07) is 3.83. The minimum absolute atomic E-state index is 0.0710. The Morgan fingerprint density at radius 2 is 2.24 bits per heavy atom. The van der Waals surface area contributed by atoms with Crippen molar-refractivity contribution in [1.82, 2.24) is 14.6 Å². The molecule has 17 heavy (non-hydrogen) atoms. The zero-order chi connectivity index (χ0) is 12.5. The third-order valence-corrected chi connectivity index (χ3v) is 3.26. The summed E-state index contributed by atoms with van der Waals surface area (Å²) in [4.78, 5) is 4.28. The summed E-state index contributed by atoms with van der Waals surface area (Å²) in [6.07, 6.45) is 3.01. The van der Waals surface area contributed by atoms with Crippen molar-refractivity contribution in [3.05, 3.63) is 23.9 Å². The molecule has 0 fully saturated rings. The molecule has 92 valence electrons. The normalized spacial score (nSPS) is 11.9. The fourth-order valence-electron chi connectivity index (χ4n) is 1.46. The van der Waals surface area contributed by atoms with Gasteiger partial charge in [0, 0.05) is 19.0 Å². The van der Waals surface area contributed by atoms with Gasteiger partial charge in [0.15, 0.2) is 5.65 Å². The van der Waals surface area contributed by atoms with E-state index in [9.17, 15) is 8.42 Å². The molecule has 1 N–H and O–H groups in total. The Morgan fingerprint density at radius 1 is 1.47 bits per heavy atom. The quantitative estimate of drug-likeness (QED) is 0.859. The minimum atomic E-state index is -2.96. The molecule has 0 saturated heterocycles. The molecule has 6 nitrogen and oxygen atoms in total. The number of anilines is 1. The molecule has 0 aliphatic carbocycles. The Bertz CT molecular complexity index is 633. The molecule has 0 saturated carbocycles. The molecule has 0 aliphatic heterocycles. The van der Waals surface area contributed by atoms with E-state index in [4.69, 9.17) is 0 Å². The van der Waals surface area contributed by atoms with Gasteiger partial charge >= 0.3 is 0 Å². The average molecular weight is 254 g/mol. The van der Waals surface area contributed by atoms with Crippen molar-refractivity contribution in [2.75, 3.05) is 23.9 Å². The molecule has 0 aliphatic rings. The third-order valence-electron chi connectivity index (χ3n) is 2.31. The Hall–Kier alpha value is -1.63. The predicted octanol–water partition coefficient (Wildman–Crippen LogP) is 0.494. The number of nitrogens with zero attached hydrogens (tertiary/aromatic N) is 3. The largest absolute Gasteiger partial charge is 0.352 e. The zero-order valence-corrected chi connectivity index (χ0v) is 10.5. The number of rotatable bonds is 4. The Labute approximate surface area is 99.6 Å². The van der Waals surface area contributed by atoms with E-state index in [-0.39, 0.29) is 5.75 Å². The van der Waals surface area contributed by atoms with Gasteiger partial charge in [0.1, 0.15) is 9.84 Å². The van der Waals surface area contributed by atoms with Gasteiger partial charge in [0.25, 0.3) is 0 Å². The van der Waals surface area contributed by atoms with E-state index < -0.39 is 9.84 Å². The van der Waals surface area contributed by atoms with Gasteiger partial charge in [-0.25, -0.2) is 12.9 Å². The summed E-state index contributed by atoms with van der Waals surface area (Å²) in [5.74, 6) is 0.518. The lowest BCUT2D eigenvalue weighted by molar-refractivity contribution is 0.602. The monoisotopic (exact) mass is 254 g/mol. The average Bonchev–Trinajstić information content (AvgIpc) is 2.60. The maximum Gasteiger partial charge on any atom is 0.243 e. The highest BCUT2D eigenvalue weighted by Crippen LogP contribution is 2.09. The number of aromatic nitrogens is 3. The van der Waals surface area contributed by atoms with Crippen LogP contribution in [0.25, 0.3) is 5.65 Å². The van der Waals surface area contributed by atoms with Crippen molar-refractivity contribution in [2.24, 2.45) is 0 Å². The van der Waals surface area contributed by atoms with Crippen LogP contribution in [-0.2, 0) is 9.84 Å². The van der Waals surface area contributed by atoms with Crippen LogP contribution >= 0.6 is 0 Å². The van der Waals surface area contributed by atoms with E-state index in [1.165, 1.54) is 6.26 Å². The molecule has 2 aromatic rings. The van der Waals surface area contributed by atoms with Gasteiger partial charge < -0.3 is 5.32 Å². The molecule has 0 spiro atoms. The van der Waals surface area contributed by atoms with Crippen LogP contribution in [-0.4, -0.2) is 41.6 Å². The first-order valence-electron chi connectivity index (χ1n) is 5.19. The number of hydrogen-bond donors (Lipinski definition) is 1. The first-order valence-corrected chi connectivity index (χ1v) is 7.25. The molecule has 0 aromatic carbocycles. The number of nitrogens with one attached hydrogen (secondary N) is 1. The molecule has 0 bridgehead atoms. The summed E-state index contributed by atoms with van der Waals surface area (Å²) in [6.45, 7) is 2.26. The first kappa shape index (κ1) is 11.8. The van der Waals surface area contributed by atoms with E-state index in [1.807, 2.05) is 19.1 Å². The molecule has 0 radical (unpaired) electrons. The van der Waals surface area contributed by atoms with Crippen molar-refractivity contribution in [3.8, 4) is 0 Å². The van der Waals surface area contributed by atoms with Gasteiger partial charge in [-0.3, -0.25) is 0 Å². The van der Waals surface area contributed by atoms with E-state index in [0.717, 1.165) is 11.2 Å². The van der Waals surface area contributed by atoms with Gasteiger partial charge in [0.2, 0.25) is 5.95 Å². The molecule has 0 amide bonds. The van der Waals surface area contributed by atoms with Gasteiger partial charge in [-0.05, 0) is 18.6 Å². The Balaban J connectivity index is 2.12. The van der Waals surface area contributed by atoms with Crippen molar-refractivity contribution >= 4 is 21.4 Å². The number of hydrogen-bond acceptors (Lipinski definition) is 5. The highest BCUT2D eigenvalue weighted by Gasteiger charge is 2.06. The van der Waals surface area contributed by atoms with Crippen LogP contribution in [0.5, 0.6) is 0 Å². The van der Waals surface area contributed by atoms with Crippen LogP contribution in [0.2, 0.25) is 0 Å². The van der Waals surface area contributed by atoms with Gasteiger partial charge in [-0.2, -0.15) is 4.98 Å². The van der Waals surface area contributed by atoms with Gasteiger partial charge in [0.05, 0.1) is 5.75 Å². The molecule has 7 heteroatoms. The molecule has 2 rings (SSSR count). The highest BCUT2D eigenvalue weighted by atomic mass is 32.2. The third kappa shape index (κ3) is 2.94. The maximum atomic E-state index is 11.0. The summed E-state index contributed by atoms with van der Waals surface area (Å²) in [7, 11) is -2.96. The van der Waals surface area contributed by atoms with Crippen LogP contribution in [0.4, 0.5) is 5.95 Å². The first-order chi connectivity index (χ1) is 7.96. The fourth-order valence-corrected chi connectivity index (χ4v) is 1.94. The number of fused-ring (bicyclic) bond motifs is 1. The van der Waals surface area contributed by atoms with Crippen LogP contribution < -0.4 is 5.32 Å². The molecule has 2 heterocycles. The lowest BCUT2D eigenvalue weighted by Crippen LogP contribution is -2.14. The van der Waals surface area contributed by atoms with Crippen molar-refractivity contribution < 1.29 is 8.42 Å². The summed E-state index contributed by atoms with van der Waals surface area (Å²) >= 11 is 0. The topological polar surface area (TPSA) is 76.4 Å². The summed E-state index contributed by atoms with van der Waals surface area (Å²) in [5, 5.41) is 7.09. The fraction of sp³-hybridized carbons (Fsp3) is 0.400. The SMILES string of the molecule is Cc1cccn2nc(NCCS(C)(=O)=O)nc12. The second-order valence-corrected chi connectivity index (χ2v) is 6.21.